The molecular formula is C8H8O2. The van der Waals surface area contributed by atoms with Crippen molar-refractivity contribution in [2.45, 2.75) is 13.3 Å². The van der Waals surface area contributed by atoms with E-state index in [0.717, 1.165) is 6.42 Å². The van der Waals surface area contributed by atoms with Crippen LogP contribution in [-0.2, 0) is 6.42 Å². The predicted molar refractivity (Wildman–Crippen MR) is 37.8 cm³/mol. The van der Waals surface area contributed by atoms with E-state index < -0.39 is 0 Å². The van der Waals surface area contributed by atoms with Crippen LogP contribution in [0.25, 0.3) is 0 Å². The molecule has 2 radical (unpaired) electrons. The Morgan fingerprint density at radius 3 is 2.90 bits per heavy atom. The summed E-state index contributed by atoms with van der Waals surface area (Å²) in [6.07, 6.45) is 2.00. The number of aryl methyl sites for hydroxylation is 1. The van der Waals surface area contributed by atoms with Crippen LogP contribution in [-0.4, -0.2) is 0 Å². The average Bonchev–Trinajstić information content (AvgIpc) is 1.95. The number of rotatable bonds is 1. The quantitative estimate of drug-likeness (QED) is 0.581. The standard InChI is InChI=1S/C8H8O2/c1-3-7-4-8(9)6(2)5-10-7/h2,4-5H,3H2,1H3. The van der Waals surface area contributed by atoms with Gasteiger partial charge in [-0.05, 0) is 0 Å². The first-order valence-corrected chi connectivity index (χ1v) is 3.11. The van der Waals surface area contributed by atoms with Gasteiger partial charge >= 0.3 is 0 Å². The molecule has 1 aromatic rings. The van der Waals surface area contributed by atoms with Crippen LogP contribution in [0.4, 0.5) is 0 Å². The van der Waals surface area contributed by atoms with Crippen LogP contribution in [0.2, 0.25) is 0 Å². The maximum absolute atomic E-state index is 10.8. The van der Waals surface area contributed by atoms with Gasteiger partial charge in [-0.1, -0.05) is 6.92 Å². The molecule has 0 spiro atoms. The van der Waals surface area contributed by atoms with Gasteiger partial charge in [-0.15, -0.1) is 0 Å². The first kappa shape index (κ1) is 7.06. The zero-order valence-electron chi connectivity index (χ0n) is 5.76. The van der Waals surface area contributed by atoms with E-state index in [0.29, 0.717) is 5.76 Å². The zero-order valence-corrected chi connectivity index (χ0v) is 5.76. The van der Waals surface area contributed by atoms with E-state index >= 15 is 0 Å². The minimum absolute atomic E-state index is 0.164. The third kappa shape index (κ3) is 1.26. The van der Waals surface area contributed by atoms with Gasteiger partial charge in [0.1, 0.15) is 5.76 Å². The van der Waals surface area contributed by atoms with Gasteiger partial charge in [-0.3, -0.25) is 4.79 Å². The third-order valence-electron chi connectivity index (χ3n) is 1.26. The Hall–Kier alpha value is -1.05. The van der Waals surface area contributed by atoms with Gasteiger partial charge in [-0.2, -0.15) is 0 Å². The molecule has 2 nitrogen and oxygen atoms in total. The van der Waals surface area contributed by atoms with Crippen LogP contribution in [0.1, 0.15) is 18.2 Å². The van der Waals surface area contributed by atoms with Gasteiger partial charge in [0.25, 0.3) is 0 Å². The monoisotopic (exact) mass is 136 g/mol. The molecule has 0 aromatic carbocycles. The van der Waals surface area contributed by atoms with Gasteiger partial charge in [0, 0.05) is 25.0 Å². The normalized spacial score (nSPS) is 9.80. The molecule has 1 heterocycles. The van der Waals surface area contributed by atoms with E-state index in [1.165, 1.54) is 12.3 Å². The van der Waals surface area contributed by atoms with Gasteiger partial charge in [0.2, 0.25) is 0 Å². The summed E-state index contributed by atoms with van der Waals surface area (Å²) < 4.78 is 4.96. The van der Waals surface area contributed by atoms with E-state index in [2.05, 4.69) is 0 Å². The summed E-state index contributed by atoms with van der Waals surface area (Å²) in [6.45, 7) is 7.15. The molecule has 10 heavy (non-hydrogen) atoms. The zero-order chi connectivity index (χ0) is 7.56. The van der Waals surface area contributed by atoms with Crippen molar-refractivity contribution in [2.24, 2.45) is 0 Å². The van der Waals surface area contributed by atoms with E-state index in [4.69, 9.17) is 11.3 Å². The summed E-state index contributed by atoms with van der Waals surface area (Å²) in [5.41, 5.74) is 0.000278. The van der Waals surface area contributed by atoms with E-state index in [1.807, 2.05) is 6.92 Å². The lowest BCUT2D eigenvalue weighted by Crippen LogP contribution is -2.03. The molecule has 0 aliphatic carbocycles. The van der Waals surface area contributed by atoms with Crippen molar-refractivity contribution < 1.29 is 4.42 Å². The highest BCUT2D eigenvalue weighted by molar-refractivity contribution is 5.13. The molecule has 52 valence electrons. The van der Waals surface area contributed by atoms with Crippen molar-refractivity contribution in [1.29, 1.82) is 0 Å². The van der Waals surface area contributed by atoms with Crippen LogP contribution in [0.15, 0.2) is 21.5 Å². The molecule has 0 amide bonds. The maximum atomic E-state index is 10.8. The van der Waals surface area contributed by atoms with Crippen LogP contribution in [0.3, 0.4) is 0 Å². The summed E-state index contributed by atoms with van der Waals surface area (Å²) in [6, 6.07) is 1.41. The fourth-order valence-corrected chi connectivity index (χ4v) is 0.646. The highest BCUT2D eigenvalue weighted by atomic mass is 16.3. The number of hydrogen-bond acceptors (Lipinski definition) is 2. The highest BCUT2D eigenvalue weighted by Crippen LogP contribution is 1.97. The van der Waals surface area contributed by atoms with E-state index in [-0.39, 0.29) is 11.0 Å². The van der Waals surface area contributed by atoms with Crippen molar-refractivity contribution in [1.82, 2.24) is 0 Å². The molecule has 1 rings (SSSR count). The van der Waals surface area contributed by atoms with Crippen LogP contribution >= 0.6 is 0 Å². The molecule has 1 aromatic heterocycles. The van der Waals surface area contributed by atoms with Crippen LogP contribution < -0.4 is 5.43 Å². The Bertz CT molecular complexity index is 273. The second-order valence-electron chi connectivity index (χ2n) is 2.02. The average molecular weight is 136 g/mol. The maximum Gasteiger partial charge on any atom is 0.188 e. The second-order valence-corrected chi connectivity index (χ2v) is 2.02. The Labute approximate surface area is 59.5 Å². The van der Waals surface area contributed by atoms with Crippen molar-refractivity contribution in [3.8, 4) is 0 Å². The lowest BCUT2D eigenvalue weighted by Gasteiger charge is -1.93. The Kier molecular flexibility index (Phi) is 1.90. The molecule has 0 aliphatic heterocycles. The minimum Gasteiger partial charge on any atom is -0.469 e. The molecule has 0 atom stereocenters. The smallest absolute Gasteiger partial charge is 0.188 e. The molecule has 0 saturated heterocycles. The molecule has 0 N–H and O–H groups in total. The Morgan fingerprint density at radius 1 is 1.70 bits per heavy atom. The van der Waals surface area contributed by atoms with Crippen molar-refractivity contribution in [3.63, 3.8) is 0 Å². The summed E-state index contributed by atoms with van der Waals surface area (Å²) in [4.78, 5) is 10.8. The Balaban J connectivity index is 3.17. The predicted octanol–water partition coefficient (Wildman–Crippen LogP) is 1.26. The van der Waals surface area contributed by atoms with Gasteiger partial charge in [0.05, 0.1) is 6.26 Å². The molecular weight excluding hydrogens is 128 g/mol. The lowest BCUT2D eigenvalue weighted by molar-refractivity contribution is 0.494. The molecule has 0 bridgehead atoms. The highest BCUT2D eigenvalue weighted by Gasteiger charge is 1.95. The minimum atomic E-state index is -0.164. The summed E-state index contributed by atoms with van der Waals surface area (Å²) in [5.74, 6) is 0.666. The second kappa shape index (κ2) is 2.69. The SMILES string of the molecule is [CH]c1coc(CC)cc1=O. The topological polar surface area (TPSA) is 30.2 Å². The third-order valence-corrected chi connectivity index (χ3v) is 1.26. The van der Waals surface area contributed by atoms with Crippen molar-refractivity contribution in [3.05, 3.63) is 40.8 Å². The molecule has 0 saturated carbocycles. The summed E-state index contributed by atoms with van der Waals surface area (Å²) in [7, 11) is 0. The molecule has 2 heteroatoms. The van der Waals surface area contributed by atoms with Gasteiger partial charge < -0.3 is 4.42 Å². The van der Waals surface area contributed by atoms with Crippen LogP contribution in [0, 0.1) is 6.92 Å². The van der Waals surface area contributed by atoms with Gasteiger partial charge in [0.15, 0.2) is 5.43 Å². The first-order valence-electron chi connectivity index (χ1n) is 3.11. The molecule has 0 fully saturated rings. The largest absolute Gasteiger partial charge is 0.469 e. The van der Waals surface area contributed by atoms with Crippen molar-refractivity contribution >= 4 is 0 Å². The van der Waals surface area contributed by atoms with E-state index in [1.54, 1.807) is 0 Å². The van der Waals surface area contributed by atoms with Crippen molar-refractivity contribution in [2.75, 3.05) is 0 Å². The fraction of sp³-hybridized carbons (Fsp3) is 0.250. The first-order chi connectivity index (χ1) is 4.74. The molecule has 0 unspecified atom stereocenters. The number of hydrogen-bond donors (Lipinski definition) is 0. The van der Waals surface area contributed by atoms with Gasteiger partial charge in [-0.25, -0.2) is 0 Å². The van der Waals surface area contributed by atoms with E-state index in [9.17, 15) is 4.79 Å². The summed E-state index contributed by atoms with van der Waals surface area (Å²) in [5, 5.41) is 0. The van der Waals surface area contributed by atoms with Crippen LogP contribution in [0.5, 0.6) is 0 Å². The fourth-order valence-electron chi connectivity index (χ4n) is 0.646. The lowest BCUT2D eigenvalue weighted by atomic mass is 10.2. The summed E-state index contributed by atoms with van der Waals surface area (Å²) >= 11 is 0. The Morgan fingerprint density at radius 2 is 2.40 bits per heavy atom. The molecule has 0 aliphatic rings.